The standard InChI is InChI=1S/C6H10NO2.2H2O.2Y/c1-5(2)6(8)9-4-3-7;;;;/h7H,1,3-4H2,2H3;2*1H2;;/q-1;;;;. The molecule has 2 radical (unpaired) electrons. The Morgan fingerprint density at radius 2 is 1.77 bits per heavy atom. The van der Waals surface area contributed by atoms with E-state index in [9.17, 15) is 4.79 Å². The first-order chi connectivity index (χ1) is 4.18. The summed E-state index contributed by atoms with van der Waals surface area (Å²) in [7, 11) is 0. The molecule has 0 amide bonds. The molecule has 0 heterocycles. The van der Waals surface area contributed by atoms with Crippen molar-refractivity contribution < 1.29 is 85.9 Å². The number of hydrogen-bond acceptors (Lipinski definition) is 2. The van der Waals surface area contributed by atoms with Gasteiger partial charge in [0, 0.05) is 71.0 Å². The summed E-state index contributed by atoms with van der Waals surface area (Å²) in [5.74, 6) is -0.415. The molecule has 7 heteroatoms. The summed E-state index contributed by atoms with van der Waals surface area (Å²) in [6, 6.07) is 0. The van der Waals surface area contributed by atoms with Gasteiger partial charge in [-0.05, 0) is 6.92 Å². The second-order valence-corrected chi connectivity index (χ2v) is 1.67. The van der Waals surface area contributed by atoms with Gasteiger partial charge in [-0.15, -0.1) is 6.54 Å². The zero-order valence-corrected chi connectivity index (χ0v) is 13.3. The van der Waals surface area contributed by atoms with Crippen LogP contribution < -0.4 is 0 Å². The molecule has 5 N–H and O–H groups in total. The molecule has 0 aromatic carbocycles. The fourth-order valence-electron chi connectivity index (χ4n) is 0.267. The van der Waals surface area contributed by atoms with Crippen molar-refractivity contribution >= 4 is 5.97 Å². The van der Waals surface area contributed by atoms with Crippen LogP contribution in [0.25, 0.3) is 5.73 Å². The van der Waals surface area contributed by atoms with Crippen molar-refractivity contribution in [1.29, 1.82) is 0 Å². The summed E-state index contributed by atoms with van der Waals surface area (Å²) < 4.78 is 4.53. The van der Waals surface area contributed by atoms with Crippen LogP contribution in [0.1, 0.15) is 6.92 Å². The van der Waals surface area contributed by atoms with Gasteiger partial charge in [0.15, 0.2) is 0 Å². The van der Waals surface area contributed by atoms with E-state index in [1.807, 2.05) is 0 Å². The first-order valence-corrected chi connectivity index (χ1v) is 2.65. The van der Waals surface area contributed by atoms with E-state index in [-0.39, 0.29) is 89.5 Å². The van der Waals surface area contributed by atoms with Crippen LogP contribution in [0.4, 0.5) is 0 Å². The van der Waals surface area contributed by atoms with Gasteiger partial charge < -0.3 is 21.4 Å². The van der Waals surface area contributed by atoms with Crippen LogP contribution in [0.15, 0.2) is 12.2 Å². The maximum Gasteiger partial charge on any atom is 0.333 e. The summed E-state index contributed by atoms with van der Waals surface area (Å²) in [4.78, 5) is 10.5. The molecular weight excluding hydrogens is 328 g/mol. The molecule has 0 aromatic heterocycles. The van der Waals surface area contributed by atoms with Gasteiger partial charge in [-0.2, -0.15) is 0 Å². The monoisotopic (exact) mass is 342 g/mol. The minimum Gasteiger partial charge on any atom is -0.675 e. The Labute approximate surface area is 128 Å². The quantitative estimate of drug-likeness (QED) is 0.509. The Morgan fingerprint density at radius 3 is 2.00 bits per heavy atom. The third-order valence-corrected chi connectivity index (χ3v) is 0.684. The third-order valence-electron chi connectivity index (χ3n) is 0.684. The van der Waals surface area contributed by atoms with E-state index in [2.05, 4.69) is 11.3 Å². The van der Waals surface area contributed by atoms with E-state index in [0.717, 1.165) is 0 Å². The number of ether oxygens (including phenoxy) is 1. The molecule has 0 atom stereocenters. The van der Waals surface area contributed by atoms with Gasteiger partial charge in [0.2, 0.25) is 0 Å². The molecule has 13 heavy (non-hydrogen) atoms. The van der Waals surface area contributed by atoms with Gasteiger partial charge in [-0.3, -0.25) is 0 Å². The number of rotatable bonds is 3. The molecule has 0 fully saturated rings. The molecule has 0 aromatic rings. The first kappa shape index (κ1) is 29.2. The van der Waals surface area contributed by atoms with Gasteiger partial charge in [-0.25, -0.2) is 4.79 Å². The summed E-state index contributed by atoms with van der Waals surface area (Å²) in [6.45, 7) is 5.22. The van der Waals surface area contributed by atoms with Crippen LogP contribution in [-0.2, 0) is 74.9 Å². The van der Waals surface area contributed by atoms with Crippen LogP contribution in [0.3, 0.4) is 0 Å². The largest absolute Gasteiger partial charge is 0.675 e. The number of nitrogens with one attached hydrogen (secondary N) is 1. The summed E-state index contributed by atoms with van der Waals surface area (Å²) >= 11 is 0. The molecule has 0 saturated carbocycles. The maximum absolute atomic E-state index is 10.5. The van der Waals surface area contributed by atoms with Crippen molar-refractivity contribution in [3.8, 4) is 0 Å². The van der Waals surface area contributed by atoms with E-state index in [1.54, 1.807) is 6.92 Å². The van der Waals surface area contributed by atoms with Crippen LogP contribution in [0.5, 0.6) is 0 Å². The molecular formula is C6H14NO4Y2-. The van der Waals surface area contributed by atoms with Gasteiger partial charge in [0.1, 0.15) is 0 Å². The van der Waals surface area contributed by atoms with E-state index < -0.39 is 5.97 Å². The van der Waals surface area contributed by atoms with Crippen molar-refractivity contribution in [2.75, 3.05) is 13.2 Å². The number of carbonyl (C=O) groups is 1. The van der Waals surface area contributed by atoms with Crippen LogP contribution in [0, 0.1) is 0 Å². The summed E-state index contributed by atoms with van der Waals surface area (Å²) in [6.07, 6.45) is 0. The van der Waals surface area contributed by atoms with E-state index in [1.165, 1.54) is 0 Å². The Hall–Kier alpha value is 1.30. The van der Waals surface area contributed by atoms with Crippen LogP contribution in [0.2, 0.25) is 0 Å². The molecule has 0 aliphatic heterocycles. The Kier molecular flexibility index (Phi) is 42.7. The zero-order valence-electron chi connectivity index (χ0n) is 7.59. The molecule has 0 rings (SSSR count). The normalized spacial score (nSPS) is 6.00. The topological polar surface area (TPSA) is 113 Å². The molecule has 5 nitrogen and oxygen atoms in total. The van der Waals surface area contributed by atoms with Crippen molar-refractivity contribution in [2.45, 2.75) is 6.92 Å². The predicted octanol–water partition coefficient (Wildman–Crippen LogP) is -0.496. The minimum atomic E-state index is -0.415. The van der Waals surface area contributed by atoms with Crippen LogP contribution >= 0.6 is 0 Å². The number of hydrogen-bond donors (Lipinski definition) is 0. The van der Waals surface area contributed by atoms with E-state index in [0.29, 0.717) is 5.57 Å². The maximum atomic E-state index is 10.5. The smallest absolute Gasteiger partial charge is 0.333 e. The van der Waals surface area contributed by atoms with Crippen molar-refractivity contribution in [2.24, 2.45) is 0 Å². The summed E-state index contributed by atoms with van der Waals surface area (Å²) in [5.41, 5.74) is 7.01. The molecule has 74 valence electrons. The molecule has 0 bridgehead atoms. The van der Waals surface area contributed by atoms with Crippen LogP contribution in [-0.4, -0.2) is 30.1 Å². The Bertz CT molecular complexity index is 132. The van der Waals surface area contributed by atoms with Crippen molar-refractivity contribution in [3.05, 3.63) is 17.9 Å². The molecule has 0 spiro atoms. The molecule has 0 aliphatic carbocycles. The van der Waals surface area contributed by atoms with E-state index in [4.69, 9.17) is 5.73 Å². The third kappa shape index (κ3) is 19.6. The Morgan fingerprint density at radius 1 is 1.38 bits per heavy atom. The first-order valence-electron chi connectivity index (χ1n) is 2.65. The predicted molar refractivity (Wildman–Crippen MR) is 42.2 cm³/mol. The minimum absolute atomic E-state index is 0. The Balaban J connectivity index is -0.0000000533. The average Bonchev–Trinajstić information content (AvgIpc) is 1.82. The fourth-order valence-corrected chi connectivity index (χ4v) is 0.267. The van der Waals surface area contributed by atoms with Crippen molar-refractivity contribution in [1.82, 2.24) is 0 Å². The summed E-state index contributed by atoms with van der Waals surface area (Å²) in [5, 5.41) is 0. The molecule has 0 saturated heterocycles. The van der Waals surface area contributed by atoms with Gasteiger partial charge in [0.25, 0.3) is 0 Å². The SMILES string of the molecule is C=C(C)C(=O)OCC[NH-].O.O.[Y].[Y]. The second-order valence-electron chi connectivity index (χ2n) is 1.67. The second kappa shape index (κ2) is 19.0. The molecule has 0 aliphatic rings. The zero-order chi connectivity index (χ0) is 7.28. The van der Waals surface area contributed by atoms with Crippen molar-refractivity contribution in [3.63, 3.8) is 0 Å². The number of carbonyl (C=O) groups excluding carboxylic acids is 1. The molecule has 0 unspecified atom stereocenters. The van der Waals surface area contributed by atoms with Gasteiger partial charge in [0.05, 0.1) is 6.61 Å². The average molecular weight is 342 g/mol. The fraction of sp³-hybridized carbons (Fsp3) is 0.500. The van der Waals surface area contributed by atoms with Gasteiger partial charge in [-0.1, -0.05) is 6.58 Å². The van der Waals surface area contributed by atoms with Gasteiger partial charge >= 0.3 is 5.97 Å². The number of esters is 1. The van der Waals surface area contributed by atoms with E-state index >= 15 is 0 Å².